The Labute approximate surface area is 145 Å². The highest BCUT2D eigenvalue weighted by molar-refractivity contribution is 6.03. The third-order valence-electron chi connectivity index (χ3n) is 4.48. The van der Waals surface area contributed by atoms with E-state index in [1.807, 2.05) is 36.5 Å². The van der Waals surface area contributed by atoms with E-state index in [2.05, 4.69) is 15.6 Å². The molecule has 0 spiro atoms. The average Bonchev–Trinajstić information content (AvgIpc) is 3.16. The molecule has 6 nitrogen and oxygen atoms in total. The van der Waals surface area contributed by atoms with Crippen LogP contribution in [-0.2, 0) is 19.4 Å². The summed E-state index contributed by atoms with van der Waals surface area (Å²) in [7, 11) is 0. The Morgan fingerprint density at radius 3 is 2.84 bits per heavy atom. The fourth-order valence-electron chi connectivity index (χ4n) is 3.20. The molecule has 25 heavy (non-hydrogen) atoms. The van der Waals surface area contributed by atoms with Gasteiger partial charge in [0.25, 0.3) is 5.91 Å². The summed E-state index contributed by atoms with van der Waals surface area (Å²) in [6, 6.07) is 11.9. The van der Waals surface area contributed by atoms with Gasteiger partial charge in [0.15, 0.2) is 11.5 Å². The Hall–Kier alpha value is -2.89. The molecule has 1 aromatic carbocycles. The van der Waals surface area contributed by atoms with Gasteiger partial charge in [-0.1, -0.05) is 41.9 Å². The Kier molecular flexibility index (Phi) is 4.33. The predicted octanol–water partition coefficient (Wildman–Crippen LogP) is 3.44. The van der Waals surface area contributed by atoms with Crippen molar-refractivity contribution in [3.63, 3.8) is 0 Å². The number of aryl methyl sites for hydroxylation is 1. The first kappa shape index (κ1) is 15.6. The van der Waals surface area contributed by atoms with Crippen molar-refractivity contribution < 1.29 is 9.32 Å². The van der Waals surface area contributed by atoms with E-state index in [9.17, 15) is 4.79 Å². The minimum atomic E-state index is -0.253. The summed E-state index contributed by atoms with van der Waals surface area (Å²) >= 11 is 0. The largest absolute Gasteiger partial charge is 0.360 e. The molecule has 0 saturated heterocycles. The molecule has 1 amide bonds. The van der Waals surface area contributed by atoms with Gasteiger partial charge in [0, 0.05) is 24.2 Å². The lowest BCUT2D eigenvalue weighted by atomic mass is 10.1. The lowest BCUT2D eigenvalue weighted by Gasteiger charge is -2.03. The van der Waals surface area contributed by atoms with Gasteiger partial charge in [0.2, 0.25) is 0 Å². The van der Waals surface area contributed by atoms with Crippen LogP contribution < -0.4 is 5.32 Å². The molecule has 0 bridgehead atoms. The maximum Gasteiger partial charge on any atom is 0.279 e. The van der Waals surface area contributed by atoms with Crippen LogP contribution in [0.2, 0.25) is 0 Å². The highest BCUT2D eigenvalue weighted by atomic mass is 16.5. The van der Waals surface area contributed by atoms with E-state index in [0.29, 0.717) is 18.1 Å². The zero-order valence-electron chi connectivity index (χ0n) is 13.9. The highest BCUT2D eigenvalue weighted by Crippen LogP contribution is 2.24. The zero-order valence-corrected chi connectivity index (χ0v) is 13.9. The van der Waals surface area contributed by atoms with Gasteiger partial charge < -0.3 is 9.84 Å². The number of aromatic nitrogens is 3. The van der Waals surface area contributed by atoms with Crippen molar-refractivity contribution in [2.75, 3.05) is 5.32 Å². The minimum absolute atomic E-state index is 0.253. The van der Waals surface area contributed by atoms with E-state index in [1.54, 1.807) is 10.7 Å². The number of anilines is 1. The molecule has 0 unspecified atom stereocenters. The van der Waals surface area contributed by atoms with Gasteiger partial charge in [0.1, 0.15) is 5.76 Å². The average molecular weight is 336 g/mol. The van der Waals surface area contributed by atoms with Crippen LogP contribution in [0, 0.1) is 0 Å². The molecule has 6 heteroatoms. The van der Waals surface area contributed by atoms with Crippen molar-refractivity contribution in [2.24, 2.45) is 0 Å². The minimum Gasteiger partial charge on any atom is -0.360 e. The number of hydrogen-bond donors (Lipinski definition) is 1. The first-order valence-electron chi connectivity index (χ1n) is 8.66. The fourth-order valence-corrected chi connectivity index (χ4v) is 3.20. The lowest BCUT2D eigenvalue weighted by molar-refractivity contribution is 0.101. The van der Waals surface area contributed by atoms with Crippen LogP contribution in [0.1, 0.15) is 46.6 Å². The molecular weight excluding hydrogens is 316 g/mol. The first-order valence-corrected chi connectivity index (χ1v) is 8.66. The molecule has 2 heterocycles. The maximum atomic E-state index is 12.5. The third kappa shape index (κ3) is 3.47. The molecule has 0 radical (unpaired) electrons. The fraction of sp³-hybridized carbons (Fsp3) is 0.316. The van der Waals surface area contributed by atoms with Gasteiger partial charge in [-0.3, -0.25) is 9.48 Å². The SMILES string of the molecule is O=C(Nc1ccn(Cc2ccccc2)n1)c1noc2c1CCCCC2. The molecule has 128 valence electrons. The predicted molar refractivity (Wildman–Crippen MR) is 93.5 cm³/mol. The van der Waals surface area contributed by atoms with Crippen LogP contribution >= 0.6 is 0 Å². The molecule has 3 aromatic rings. The van der Waals surface area contributed by atoms with Crippen LogP contribution in [0.5, 0.6) is 0 Å². The molecule has 0 saturated carbocycles. The Morgan fingerprint density at radius 1 is 1.12 bits per heavy atom. The highest BCUT2D eigenvalue weighted by Gasteiger charge is 2.23. The molecule has 1 N–H and O–H groups in total. The number of fused-ring (bicyclic) bond motifs is 1. The molecular formula is C19H20N4O2. The number of benzene rings is 1. The van der Waals surface area contributed by atoms with E-state index < -0.39 is 0 Å². The molecule has 0 aliphatic heterocycles. The summed E-state index contributed by atoms with van der Waals surface area (Å²) in [5.74, 6) is 1.13. The number of amides is 1. The monoisotopic (exact) mass is 336 g/mol. The Morgan fingerprint density at radius 2 is 1.96 bits per heavy atom. The maximum absolute atomic E-state index is 12.5. The van der Waals surface area contributed by atoms with Crippen molar-refractivity contribution >= 4 is 11.7 Å². The molecule has 1 aliphatic carbocycles. The normalized spacial score (nSPS) is 13.9. The third-order valence-corrected chi connectivity index (χ3v) is 4.48. The summed E-state index contributed by atoms with van der Waals surface area (Å²) in [5.41, 5.74) is 2.51. The van der Waals surface area contributed by atoms with Crippen LogP contribution in [0.15, 0.2) is 47.1 Å². The summed E-state index contributed by atoms with van der Waals surface area (Å²) in [5, 5.41) is 11.2. The Balaban J connectivity index is 1.46. The number of nitrogens with zero attached hydrogens (tertiary/aromatic N) is 3. The second-order valence-electron chi connectivity index (χ2n) is 6.33. The van der Waals surface area contributed by atoms with Crippen molar-refractivity contribution in [1.29, 1.82) is 0 Å². The number of rotatable bonds is 4. The van der Waals surface area contributed by atoms with E-state index in [4.69, 9.17) is 4.52 Å². The van der Waals surface area contributed by atoms with Gasteiger partial charge >= 0.3 is 0 Å². The second kappa shape index (κ2) is 6.93. The van der Waals surface area contributed by atoms with Crippen molar-refractivity contribution in [3.8, 4) is 0 Å². The van der Waals surface area contributed by atoms with Crippen LogP contribution in [-0.4, -0.2) is 20.8 Å². The Bertz CT molecular complexity index is 867. The standard InChI is InChI=1S/C19H20N4O2/c24-19(18-15-9-5-2-6-10-16(15)25-22-18)20-17-11-12-23(21-17)13-14-7-3-1-4-8-14/h1,3-4,7-8,11-12H,2,5-6,9-10,13H2,(H,20,21,24). The van der Waals surface area contributed by atoms with E-state index in [-0.39, 0.29) is 5.91 Å². The molecule has 4 rings (SSSR count). The van der Waals surface area contributed by atoms with Gasteiger partial charge in [0.05, 0.1) is 6.54 Å². The van der Waals surface area contributed by atoms with E-state index in [1.165, 1.54) is 0 Å². The van der Waals surface area contributed by atoms with E-state index in [0.717, 1.165) is 49.0 Å². The topological polar surface area (TPSA) is 73.0 Å². The first-order chi connectivity index (χ1) is 12.3. The molecule has 1 aliphatic rings. The van der Waals surface area contributed by atoms with Gasteiger partial charge in [-0.15, -0.1) is 0 Å². The summed E-state index contributed by atoms with van der Waals surface area (Å²) in [6.07, 6.45) is 6.89. The van der Waals surface area contributed by atoms with Crippen molar-refractivity contribution in [3.05, 3.63) is 65.2 Å². The van der Waals surface area contributed by atoms with Crippen molar-refractivity contribution in [2.45, 2.75) is 38.6 Å². The number of hydrogen-bond acceptors (Lipinski definition) is 4. The second-order valence-corrected chi connectivity index (χ2v) is 6.33. The molecule has 2 aromatic heterocycles. The number of carbonyl (C=O) groups is 1. The van der Waals surface area contributed by atoms with Crippen LogP contribution in [0.3, 0.4) is 0 Å². The lowest BCUT2D eigenvalue weighted by Crippen LogP contribution is -2.15. The molecule has 0 atom stereocenters. The molecule has 0 fully saturated rings. The van der Waals surface area contributed by atoms with Gasteiger partial charge in [-0.2, -0.15) is 5.10 Å². The van der Waals surface area contributed by atoms with Crippen LogP contribution in [0.4, 0.5) is 5.82 Å². The zero-order chi connectivity index (χ0) is 17.1. The van der Waals surface area contributed by atoms with Crippen LogP contribution in [0.25, 0.3) is 0 Å². The summed E-state index contributed by atoms with van der Waals surface area (Å²) in [4.78, 5) is 12.5. The summed E-state index contributed by atoms with van der Waals surface area (Å²) in [6.45, 7) is 0.663. The van der Waals surface area contributed by atoms with Crippen molar-refractivity contribution in [1.82, 2.24) is 14.9 Å². The smallest absolute Gasteiger partial charge is 0.279 e. The summed E-state index contributed by atoms with van der Waals surface area (Å²) < 4.78 is 7.17. The number of carbonyl (C=O) groups excluding carboxylic acids is 1. The van der Waals surface area contributed by atoms with Gasteiger partial charge in [-0.05, 0) is 24.8 Å². The quantitative estimate of drug-likeness (QED) is 0.741. The van der Waals surface area contributed by atoms with E-state index >= 15 is 0 Å². The van der Waals surface area contributed by atoms with Gasteiger partial charge in [-0.25, -0.2) is 0 Å². The number of nitrogens with one attached hydrogen (secondary N) is 1.